The summed E-state index contributed by atoms with van der Waals surface area (Å²) < 4.78 is 0. The highest BCUT2D eigenvalue weighted by Crippen LogP contribution is 2.18. The zero-order chi connectivity index (χ0) is 11.5. The van der Waals surface area contributed by atoms with E-state index in [9.17, 15) is 0 Å². The Bertz CT molecular complexity index is 517. The molecule has 0 aliphatic carbocycles. The first-order chi connectivity index (χ1) is 7.78. The number of nitrogens with zero attached hydrogens (tertiary/aromatic N) is 2. The van der Waals surface area contributed by atoms with Crippen molar-refractivity contribution in [3.8, 4) is 0 Å². The molecule has 0 saturated carbocycles. The molecule has 0 aliphatic rings. The summed E-state index contributed by atoms with van der Waals surface area (Å²) >= 11 is 6.89. The molecule has 1 aromatic heterocycles. The van der Waals surface area contributed by atoms with E-state index in [0.29, 0.717) is 0 Å². The number of fused-ring (bicyclic) bond motifs is 1. The molecule has 1 heterocycles. The van der Waals surface area contributed by atoms with Gasteiger partial charge in [-0.25, -0.2) is 9.97 Å². The number of alkyl halides is 2. The van der Waals surface area contributed by atoms with Gasteiger partial charge in [0.25, 0.3) is 0 Å². The van der Waals surface area contributed by atoms with Gasteiger partial charge in [0.2, 0.25) is 0 Å². The SMILES string of the molecule is BCc1ccc2nc(CBr)c(CBr)nc2c1. The Morgan fingerprint density at radius 2 is 1.62 bits per heavy atom. The van der Waals surface area contributed by atoms with Gasteiger partial charge in [-0.2, -0.15) is 0 Å². The molecule has 0 fully saturated rings. The maximum Gasteiger partial charge on any atom is 0.107 e. The molecule has 0 bridgehead atoms. The summed E-state index contributed by atoms with van der Waals surface area (Å²) in [6, 6.07) is 6.28. The second-order valence-corrected chi connectivity index (χ2v) is 4.68. The van der Waals surface area contributed by atoms with Crippen molar-refractivity contribution in [1.29, 1.82) is 0 Å². The minimum atomic E-state index is 0.742. The van der Waals surface area contributed by atoms with Crippen LogP contribution in [0.5, 0.6) is 0 Å². The molecule has 0 saturated heterocycles. The first kappa shape index (κ1) is 12.1. The standard InChI is InChI=1S/C11H11BBr2N2/c12-4-7-1-2-8-9(3-7)16-11(6-14)10(5-13)15-8/h1-3H,4-6,12H2. The molecule has 2 nitrogen and oxygen atoms in total. The van der Waals surface area contributed by atoms with Crippen LogP contribution in [0.2, 0.25) is 0 Å². The van der Waals surface area contributed by atoms with E-state index < -0.39 is 0 Å². The molecule has 0 N–H and O–H groups in total. The molecule has 0 spiro atoms. The average molecular weight is 342 g/mol. The Hall–Kier alpha value is -0.415. The van der Waals surface area contributed by atoms with Crippen molar-refractivity contribution >= 4 is 50.7 Å². The van der Waals surface area contributed by atoms with Crippen molar-refractivity contribution in [2.75, 3.05) is 0 Å². The van der Waals surface area contributed by atoms with E-state index >= 15 is 0 Å². The third-order valence-corrected chi connectivity index (χ3v) is 3.61. The summed E-state index contributed by atoms with van der Waals surface area (Å²) in [6.45, 7) is 0. The Labute approximate surface area is 113 Å². The summed E-state index contributed by atoms with van der Waals surface area (Å²) in [4.78, 5) is 9.23. The minimum Gasteiger partial charge on any atom is -0.248 e. The van der Waals surface area contributed by atoms with Gasteiger partial charge in [0.15, 0.2) is 0 Å². The largest absolute Gasteiger partial charge is 0.248 e. The molecule has 0 radical (unpaired) electrons. The fourth-order valence-electron chi connectivity index (χ4n) is 1.61. The van der Waals surface area contributed by atoms with Gasteiger partial charge >= 0.3 is 0 Å². The Balaban J connectivity index is 2.63. The van der Waals surface area contributed by atoms with E-state index in [-0.39, 0.29) is 0 Å². The molecular formula is C11H11BBr2N2. The van der Waals surface area contributed by atoms with Gasteiger partial charge in [0, 0.05) is 10.7 Å². The Morgan fingerprint density at radius 3 is 2.19 bits per heavy atom. The quantitative estimate of drug-likeness (QED) is 0.633. The van der Waals surface area contributed by atoms with E-state index in [0.717, 1.165) is 39.4 Å². The number of aromatic nitrogens is 2. The summed E-state index contributed by atoms with van der Waals surface area (Å²) in [5.41, 5.74) is 5.27. The summed E-state index contributed by atoms with van der Waals surface area (Å²) in [5.74, 6) is 0. The number of hydrogen-bond donors (Lipinski definition) is 0. The lowest BCUT2D eigenvalue weighted by atomic mass is 9.97. The monoisotopic (exact) mass is 340 g/mol. The molecule has 16 heavy (non-hydrogen) atoms. The minimum absolute atomic E-state index is 0.742. The van der Waals surface area contributed by atoms with Gasteiger partial charge < -0.3 is 0 Å². The predicted molar refractivity (Wildman–Crippen MR) is 77.0 cm³/mol. The van der Waals surface area contributed by atoms with Crippen LogP contribution in [0.4, 0.5) is 0 Å². The highest BCUT2D eigenvalue weighted by atomic mass is 79.9. The van der Waals surface area contributed by atoms with Crippen molar-refractivity contribution in [3.63, 3.8) is 0 Å². The Morgan fingerprint density at radius 1 is 1.00 bits per heavy atom. The zero-order valence-electron chi connectivity index (χ0n) is 9.00. The molecule has 2 rings (SSSR count). The van der Waals surface area contributed by atoms with Gasteiger partial charge in [0.1, 0.15) is 7.85 Å². The summed E-state index contributed by atoms with van der Waals surface area (Å²) in [7, 11) is 2.15. The van der Waals surface area contributed by atoms with Crippen LogP contribution in [0, 0.1) is 0 Å². The molecule has 1 aromatic carbocycles. The molecule has 0 atom stereocenters. The fraction of sp³-hybridized carbons (Fsp3) is 0.273. The Kier molecular flexibility index (Phi) is 3.98. The topological polar surface area (TPSA) is 25.8 Å². The molecule has 82 valence electrons. The number of hydrogen-bond acceptors (Lipinski definition) is 2. The molecule has 0 amide bonds. The first-order valence-electron chi connectivity index (χ1n) is 5.18. The second kappa shape index (κ2) is 5.28. The first-order valence-corrected chi connectivity index (χ1v) is 7.43. The van der Waals surface area contributed by atoms with Gasteiger partial charge in [0.05, 0.1) is 22.4 Å². The predicted octanol–water partition coefficient (Wildman–Crippen LogP) is 2.55. The van der Waals surface area contributed by atoms with Crippen LogP contribution >= 0.6 is 31.9 Å². The van der Waals surface area contributed by atoms with Crippen LogP contribution in [0.25, 0.3) is 11.0 Å². The normalized spacial score (nSPS) is 10.9. The third kappa shape index (κ3) is 2.30. The highest BCUT2D eigenvalue weighted by molar-refractivity contribution is 9.09. The van der Waals surface area contributed by atoms with Crippen LogP contribution in [-0.2, 0) is 17.0 Å². The molecule has 0 unspecified atom stereocenters. The number of halogens is 2. The summed E-state index contributed by atoms with van der Waals surface area (Å²) in [5, 5.41) is 1.49. The maximum atomic E-state index is 4.63. The summed E-state index contributed by atoms with van der Waals surface area (Å²) in [6.07, 6.45) is 1.03. The molecule has 5 heteroatoms. The van der Waals surface area contributed by atoms with Crippen molar-refractivity contribution in [1.82, 2.24) is 9.97 Å². The van der Waals surface area contributed by atoms with Crippen molar-refractivity contribution in [2.45, 2.75) is 17.0 Å². The maximum absolute atomic E-state index is 4.63. The van der Waals surface area contributed by atoms with E-state index in [1.807, 2.05) is 6.07 Å². The smallest absolute Gasteiger partial charge is 0.107 e. The second-order valence-electron chi connectivity index (χ2n) is 3.56. The van der Waals surface area contributed by atoms with Crippen LogP contribution in [-0.4, -0.2) is 17.8 Å². The molecular weight excluding hydrogens is 331 g/mol. The van der Waals surface area contributed by atoms with Crippen molar-refractivity contribution < 1.29 is 0 Å². The number of benzene rings is 1. The highest BCUT2D eigenvalue weighted by Gasteiger charge is 2.06. The molecule has 0 aliphatic heterocycles. The fourth-order valence-corrected chi connectivity index (χ4v) is 2.50. The van der Waals surface area contributed by atoms with Crippen LogP contribution in [0.3, 0.4) is 0 Å². The van der Waals surface area contributed by atoms with Crippen LogP contribution in [0.15, 0.2) is 18.2 Å². The van der Waals surface area contributed by atoms with Crippen LogP contribution < -0.4 is 0 Å². The van der Waals surface area contributed by atoms with Gasteiger partial charge in [-0.1, -0.05) is 49.8 Å². The van der Waals surface area contributed by atoms with Crippen LogP contribution in [0.1, 0.15) is 17.0 Å². The lowest BCUT2D eigenvalue weighted by Crippen LogP contribution is -1.99. The van der Waals surface area contributed by atoms with E-state index in [1.54, 1.807) is 0 Å². The van der Waals surface area contributed by atoms with E-state index in [4.69, 9.17) is 0 Å². The van der Waals surface area contributed by atoms with E-state index in [1.165, 1.54) is 5.56 Å². The lowest BCUT2D eigenvalue weighted by molar-refractivity contribution is 1.08. The van der Waals surface area contributed by atoms with Crippen molar-refractivity contribution in [2.24, 2.45) is 0 Å². The molecule has 2 aromatic rings. The van der Waals surface area contributed by atoms with Gasteiger partial charge in [-0.3, -0.25) is 0 Å². The number of rotatable bonds is 3. The van der Waals surface area contributed by atoms with E-state index in [2.05, 4.69) is 61.8 Å². The van der Waals surface area contributed by atoms with Gasteiger partial charge in [-0.05, 0) is 12.1 Å². The average Bonchev–Trinajstić information content (AvgIpc) is 2.36. The zero-order valence-corrected chi connectivity index (χ0v) is 12.2. The van der Waals surface area contributed by atoms with Gasteiger partial charge in [-0.15, -0.1) is 0 Å². The third-order valence-electron chi connectivity index (χ3n) is 2.55. The van der Waals surface area contributed by atoms with Crippen molar-refractivity contribution in [3.05, 3.63) is 35.2 Å². The lowest BCUT2D eigenvalue weighted by Gasteiger charge is -2.06.